The number of amides is 1. The summed E-state index contributed by atoms with van der Waals surface area (Å²) in [6.45, 7) is 0. The number of nitrogens with two attached hydrogens (primary N) is 1. The monoisotopic (exact) mass is 415 g/mol. The molecular weight excluding hydrogens is 401 g/mol. The third-order valence-corrected chi connectivity index (χ3v) is 5.01. The lowest BCUT2D eigenvalue weighted by Crippen LogP contribution is -2.10. The minimum Gasteiger partial charge on any atom is -0.366 e. The Bertz CT molecular complexity index is 1040. The fourth-order valence-corrected chi connectivity index (χ4v) is 3.13. The highest BCUT2D eigenvalue weighted by Crippen LogP contribution is 3.02. The molecule has 0 atom stereocenters. The van der Waals surface area contributed by atoms with Crippen LogP contribution < -0.4 is 11.1 Å². The van der Waals surface area contributed by atoms with Crippen LogP contribution in [0.5, 0.6) is 0 Å². The van der Waals surface area contributed by atoms with Gasteiger partial charge in [0.25, 0.3) is 0 Å². The number of nitrogens with one attached hydrogen (secondary N) is 1. The van der Waals surface area contributed by atoms with E-state index in [0.717, 1.165) is 12.1 Å². The summed E-state index contributed by atoms with van der Waals surface area (Å²) in [5.74, 6) is -0.283. The normalized spacial score (nSPS) is 14.0. The molecule has 28 heavy (non-hydrogen) atoms. The maximum absolute atomic E-state index is 12.8. The molecule has 0 radical (unpaired) electrons. The molecule has 0 spiro atoms. The van der Waals surface area contributed by atoms with Gasteiger partial charge in [-0.05, 0) is 54.1 Å². The Morgan fingerprint density at radius 2 is 1.50 bits per heavy atom. The van der Waals surface area contributed by atoms with Crippen molar-refractivity contribution in [2.75, 3.05) is 5.32 Å². The molecule has 0 unspecified atom stereocenters. The molecule has 1 aromatic heterocycles. The Morgan fingerprint density at radius 1 is 0.893 bits per heavy atom. The molecule has 0 fully saturated rings. The summed E-state index contributed by atoms with van der Waals surface area (Å²) >= 11 is 0. The zero-order valence-electron chi connectivity index (χ0n) is 14.1. The van der Waals surface area contributed by atoms with E-state index in [0.29, 0.717) is 34.6 Å². The van der Waals surface area contributed by atoms with Crippen molar-refractivity contribution in [3.05, 3.63) is 72.4 Å². The van der Waals surface area contributed by atoms with Crippen LogP contribution in [-0.2, 0) is 0 Å². The number of nitrogens with zero attached hydrogens (tertiary/aromatic N) is 1. The van der Waals surface area contributed by atoms with Crippen LogP contribution in [-0.4, -0.2) is 10.9 Å². The molecule has 0 aliphatic heterocycles. The van der Waals surface area contributed by atoms with E-state index in [-0.39, 0.29) is 5.69 Å². The van der Waals surface area contributed by atoms with Crippen LogP contribution in [0.15, 0.2) is 71.8 Å². The highest BCUT2D eigenvalue weighted by atomic mass is 32.5. The molecule has 0 saturated heterocycles. The van der Waals surface area contributed by atoms with Crippen molar-refractivity contribution >= 4 is 27.6 Å². The number of hydrogen-bond donors (Lipinski definition) is 2. The van der Waals surface area contributed by atoms with Crippen LogP contribution in [0.2, 0.25) is 0 Å². The maximum atomic E-state index is 12.8. The number of aromatic nitrogens is 1. The molecule has 4 nitrogen and oxygen atoms in total. The van der Waals surface area contributed by atoms with E-state index >= 15 is 0 Å². The third-order valence-electron chi connectivity index (χ3n) is 3.85. The second-order valence-electron chi connectivity index (χ2n) is 5.96. The quantitative estimate of drug-likeness (QED) is 0.484. The smallest absolute Gasteiger partial charge is 0.310 e. The number of carbonyl (C=O) groups is 1. The van der Waals surface area contributed by atoms with Gasteiger partial charge in [0, 0.05) is 23.0 Å². The summed E-state index contributed by atoms with van der Waals surface area (Å²) in [5.41, 5.74) is 6.93. The second-order valence-corrected chi connectivity index (χ2v) is 8.37. The Morgan fingerprint density at radius 3 is 2.04 bits per heavy atom. The molecule has 3 rings (SSSR count). The number of halogens is 5. The number of primary amides is 1. The van der Waals surface area contributed by atoms with Gasteiger partial charge in [0.15, 0.2) is 0 Å². The van der Waals surface area contributed by atoms with E-state index in [1.54, 1.807) is 24.3 Å². The van der Waals surface area contributed by atoms with E-state index < -0.39 is 21.0 Å². The largest absolute Gasteiger partial charge is 0.366 e. The summed E-state index contributed by atoms with van der Waals surface area (Å²) in [6.07, 6.45) is 1.46. The predicted octanol–water partition coefficient (Wildman–Crippen LogP) is 6.25. The molecule has 0 saturated carbocycles. The Kier molecular flexibility index (Phi) is 4.15. The molecular formula is C18H14F5N3OS. The Hall–Kier alpha value is -3.14. The fraction of sp³-hybridized carbons (Fsp3) is 0. The van der Waals surface area contributed by atoms with Crippen LogP contribution in [0.1, 0.15) is 10.4 Å². The van der Waals surface area contributed by atoms with Crippen molar-refractivity contribution in [2.24, 2.45) is 5.73 Å². The van der Waals surface area contributed by atoms with Gasteiger partial charge in [0.1, 0.15) is 10.7 Å². The molecule has 10 heteroatoms. The van der Waals surface area contributed by atoms with Crippen molar-refractivity contribution in [1.29, 1.82) is 0 Å². The zero-order valence-corrected chi connectivity index (χ0v) is 14.9. The topological polar surface area (TPSA) is 68.0 Å². The first-order valence-electron chi connectivity index (χ1n) is 7.80. The number of pyridine rings is 1. The lowest BCUT2D eigenvalue weighted by Gasteiger charge is -2.40. The molecule has 3 aromatic rings. The van der Waals surface area contributed by atoms with Gasteiger partial charge in [0.05, 0.1) is 0 Å². The molecule has 0 aliphatic carbocycles. The van der Waals surface area contributed by atoms with Gasteiger partial charge in [-0.1, -0.05) is 31.6 Å². The highest BCUT2D eigenvalue weighted by Gasteiger charge is 2.65. The predicted molar refractivity (Wildman–Crippen MR) is 99.3 cm³/mol. The van der Waals surface area contributed by atoms with Crippen molar-refractivity contribution in [2.45, 2.75) is 4.90 Å². The molecule has 0 aliphatic rings. The third kappa shape index (κ3) is 4.39. The van der Waals surface area contributed by atoms with Gasteiger partial charge in [0.2, 0.25) is 5.91 Å². The molecule has 0 bridgehead atoms. The number of anilines is 2. The van der Waals surface area contributed by atoms with Crippen molar-refractivity contribution in [3.63, 3.8) is 0 Å². The lowest BCUT2D eigenvalue weighted by molar-refractivity contribution is 0.1000. The first-order chi connectivity index (χ1) is 12.8. The first-order valence-corrected chi connectivity index (χ1v) is 9.75. The van der Waals surface area contributed by atoms with Crippen molar-refractivity contribution in [3.8, 4) is 11.1 Å². The van der Waals surface area contributed by atoms with Crippen LogP contribution >= 0.6 is 10.2 Å². The van der Waals surface area contributed by atoms with Gasteiger partial charge in [-0.25, -0.2) is 4.98 Å². The van der Waals surface area contributed by atoms with Crippen molar-refractivity contribution in [1.82, 2.24) is 4.98 Å². The van der Waals surface area contributed by atoms with Gasteiger partial charge in [-0.15, -0.1) is 0 Å². The maximum Gasteiger partial charge on any atom is 0.310 e. The highest BCUT2D eigenvalue weighted by molar-refractivity contribution is 8.45. The summed E-state index contributed by atoms with van der Waals surface area (Å²) < 4.78 is 64.1. The van der Waals surface area contributed by atoms with Gasteiger partial charge in [-0.3, -0.25) is 4.79 Å². The minimum absolute atomic E-state index is 0.152. The number of carbonyl (C=O) groups excluding carboxylic acids is 1. The molecule has 1 heterocycles. The average Bonchev–Trinajstić information content (AvgIpc) is 2.61. The Labute approximate surface area is 156 Å². The van der Waals surface area contributed by atoms with Gasteiger partial charge in [-0.2, -0.15) is 0 Å². The van der Waals surface area contributed by atoms with Crippen LogP contribution in [0.4, 0.5) is 30.9 Å². The zero-order chi connectivity index (χ0) is 20.6. The second kappa shape index (κ2) is 5.93. The number of hydrogen-bond acceptors (Lipinski definition) is 3. The van der Waals surface area contributed by atoms with E-state index in [1.165, 1.54) is 18.3 Å². The minimum atomic E-state index is -9.72. The van der Waals surface area contributed by atoms with Crippen LogP contribution in [0, 0.1) is 0 Å². The molecule has 2 aromatic carbocycles. The van der Waals surface area contributed by atoms with Gasteiger partial charge >= 0.3 is 10.2 Å². The van der Waals surface area contributed by atoms with Crippen LogP contribution in [0.3, 0.4) is 0 Å². The average molecular weight is 415 g/mol. The van der Waals surface area contributed by atoms with E-state index in [9.17, 15) is 24.2 Å². The summed E-state index contributed by atoms with van der Waals surface area (Å²) in [6, 6.07) is 12.2. The lowest BCUT2D eigenvalue weighted by atomic mass is 10.0. The number of rotatable bonds is 5. The summed E-state index contributed by atoms with van der Waals surface area (Å²) in [7, 11) is -9.72. The standard InChI is InChI=1S/C18H14F5N3OS/c19-28(20,21,22,23)15-9-7-14(8-10-15)26-18-16(2-1-11-25-18)12-3-5-13(6-4-12)17(24)27/h1-11H,(H2,24,27)(H,25,26). The Balaban J connectivity index is 1.91. The molecule has 1 amide bonds. The number of benzene rings is 2. The van der Waals surface area contributed by atoms with Gasteiger partial charge < -0.3 is 11.1 Å². The fourth-order valence-electron chi connectivity index (χ4n) is 2.48. The van der Waals surface area contributed by atoms with E-state index in [1.807, 2.05) is 0 Å². The SMILES string of the molecule is NC(=O)c1ccc(-c2cccnc2Nc2ccc(S(F)(F)(F)(F)F)cc2)cc1. The first kappa shape index (κ1) is 19.6. The van der Waals surface area contributed by atoms with Crippen molar-refractivity contribution < 1.29 is 24.2 Å². The molecule has 3 N–H and O–H groups in total. The van der Waals surface area contributed by atoms with E-state index in [2.05, 4.69) is 10.3 Å². The molecule has 148 valence electrons. The van der Waals surface area contributed by atoms with E-state index in [4.69, 9.17) is 5.73 Å². The summed E-state index contributed by atoms with van der Waals surface area (Å²) in [5, 5.41) is 2.81. The summed E-state index contributed by atoms with van der Waals surface area (Å²) in [4.78, 5) is 13.3. The van der Waals surface area contributed by atoms with Crippen LogP contribution in [0.25, 0.3) is 11.1 Å².